The van der Waals surface area contributed by atoms with Gasteiger partial charge in [0.2, 0.25) is 0 Å². The molecule has 0 fully saturated rings. The minimum absolute atomic E-state index is 0.119. The fraction of sp³-hybridized carbons (Fsp3) is 0.0870. The molecule has 0 aliphatic carbocycles. The first-order chi connectivity index (χ1) is 14.5. The van der Waals surface area contributed by atoms with Crippen LogP contribution < -0.4 is 4.74 Å². The van der Waals surface area contributed by atoms with Crippen LogP contribution in [0.5, 0.6) is 5.75 Å². The lowest BCUT2D eigenvalue weighted by Gasteiger charge is -2.10. The summed E-state index contributed by atoms with van der Waals surface area (Å²) >= 11 is 0. The maximum atomic E-state index is 13.2. The number of aromatic nitrogens is 1. The molecule has 3 aromatic carbocycles. The zero-order valence-electron chi connectivity index (χ0n) is 16.2. The minimum atomic E-state index is -3.92. The Hall–Kier alpha value is -3.58. The van der Waals surface area contributed by atoms with Crippen LogP contribution in [0.1, 0.15) is 15.9 Å². The maximum absolute atomic E-state index is 13.2. The van der Waals surface area contributed by atoms with Gasteiger partial charge in [-0.15, -0.1) is 0 Å². The highest BCUT2D eigenvalue weighted by atomic mass is 32.2. The maximum Gasteiger partial charge on any atom is 0.340 e. The zero-order valence-corrected chi connectivity index (χ0v) is 17.0. The number of esters is 1. The van der Waals surface area contributed by atoms with Gasteiger partial charge in [-0.3, -0.25) is 0 Å². The number of hydrogen-bond acceptors (Lipinski definition) is 5. The molecule has 7 heteroatoms. The van der Waals surface area contributed by atoms with E-state index in [0.29, 0.717) is 16.7 Å². The van der Waals surface area contributed by atoms with E-state index < -0.39 is 16.0 Å². The summed E-state index contributed by atoms with van der Waals surface area (Å²) in [6.45, 7) is 0.275. The molecule has 0 aliphatic heterocycles. The highest BCUT2D eigenvalue weighted by Gasteiger charge is 2.26. The van der Waals surface area contributed by atoms with E-state index in [-0.39, 0.29) is 17.1 Å². The Morgan fingerprint density at radius 1 is 0.900 bits per heavy atom. The van der Waals surface area contributed by atoms with E-state index in [2.05, 4.69) is 0 Å². The van der Waals surface area contributed by atoms with Crippen LogP contribution in [-0.4, -0.2) is 25.5 Å². The number of carbonyl (C=O) groups excluding carboxylic acids is 1. The molecule has 6 nitrogen and oxygen atoms in total. The van der Waals surface area contributed by atoms with Crippen molar-refractivity contribution < 1.29 is 22.7 Å². The van der Waals surface area contributed by atoms with E-state index in [1.54, 1.807) is 36.4 Å². The first kappa shape index (κ1) is 19.7. The second kappa shape index (κ2) is 8.04. The summed E-state index contributed by atoms with van der Waals surface area (Å²) in [5.74, 6) is -0.239. The van der Waals surface area contributed by atoms with Gasteiger partial charge >= 0.3 is 5.97 Å². The van der Waals surface area contributed by atoms with Gasteiger partial charge in [-0.05, 0) is 29.8 Å². The summed E-state index contributed by atoms with van der Waals surface area (Å²) in [5.41, 5.74) is 1.41. The van der Waals surface area contributed by atoms with Crippen LogP contribution in [0.2, 0.25) is 0 Å². The quantitative estimate of drug-likeness (QED) is 0.435. The fourth-order valence-corrected chi connectivity index (χ4v) is 4.63. The van der Waals surface area contributed by atoms with Gasteiger partial charge in [-0.1, -0.05) is 54.6 Å². The summed E-state index contributed by atoms with van der Waals surface area (Å²) in [6, 6.07) is 22.7. The molecule has 0 N–H and O–H groups in total. The van der Waals surface area contributed by atoms with Crippen LogP contribution in [0.4, 0.5) is 0 Å². The Morgan fingerprint density at radius 3 is 2.23 bits per heavy atom. The van der Waals surface area contributed by atoms with Gasteiger partial charge in [0.1, 0.15) is 12.4 Å². The normalized spacial score (nSPS) is 11.4. The van der Waals surface area contributed by atoms with Crippen molar-refractivity contribution >= 4 is 26.9 Å². The van der Waals surface area contributed by atoms with Gasteiger partial charge in [0.15, 0.2) is 0 Å². The lowest BCUT2D eigenvalue weighted by molar-refractivity contribution is 0.0602. The van der Waals surface area contributed by atoms with E-state index in [1.165, 1.54) is 25.4 Å². The summed E-state index contributed by atoms with van der Waals surface area (Å²) in [7, 11) is -2.66. The van der Waals surface area contributed by atoms with Gasteiger partial charge in [-0.25, -0.2) is 17.2 Å². The van der Waals surface area contributed by atoms with Crippen molar-refractivity contribution in [3.05, 3.63) is 96.2 Å². The predicted octanol–water partition coefficient (Wildman–Crippen LogP) is 4.24. The van der Waals surface area contributed by atoms with E-state index in [9.17, 15) is 13.2 Å². The third kappa shape index (κ3) is 3.55. The lowest BCUT2D eigenvalue weighted by atomic mass is 10.1. The van der Waals surface area contributed by atoms with E-state index in [1.807, 2.05) is 30.3 Å². The monoisotopic (exact) mass is 421 g/mol. The number of ether oxygens (including phenoxy) is 2. The summed E-state index contributed by atoms with van der Waals surface area (Å²) in [5, 5.41) is 0.389. The molecule has 4 aromatic rings. The number of nitrogens with zero attached hydrogens (tertiary/aromatic N) is 1. The largest absolute Gasteiger partial charge is 0.488 e. The number of methoxy groups -OCH3 is 1. The molecule has 0 atom stereocenters. The van der Waals surface area contributed by atoms with Crippen molar-refractivity contribution in [3.63, 3.8) is 0 Å². The van der Waals surface area contributed by atoms with E-state index in [0.717, 1.165) is 9.54 Å². The van der Waals surface area contributed by atoms with Gasteiger partial charge in [0.25, 0.3) is 10.0 Å². The van der Waals surface area contributed by atoms with Gasteiger partial charge in [0.05, 0.1) is 28.5 Å². The summed E-state index contributed by atoms with van der Waals surface area (Å²) in [6.07, 6.45) is 1.29. The fourth-order valence-electron chi connectivity index (χ4n) is 3.25. The van der Waals surface area contributed by atoms with Gasteiger partial charge in [0, 0.05) is 6.20 Å². The molecular formula is C23H19NO5S. The smallest absolute Gasteiger partial charge is 0.340 e. The SMILES string of the molecule is COC(=O)c1cn(S(=O)(=O)c2ccccc2)c2cccc(OCc3ccccc3)c12. The number of hydrogen-bond donors (Lipinski definition) is 0. The van der Waals surface area contributed by atoms with Crippen molar-refractivity contribution in [3.8, 4) is 5.75 Å². The second-order valence-corrected chi connectivity index (χ2v) is 8.39. The molecule has 1 heterocycles. The van der Waals surface area contributed by atoms with Crippen molar-refractivity contribution in [1.29, 1.82) is 0 Å². The van der Waals surface area contributed by atoms with Crippen LogP contribution in [0.15, 0.2) is 90.0 Å². The Balaban J connectivity index is 1.87. The van der Waals surface area contributed by atoms with Crippen LogP contribution in [-0.2, 0) is 21.4 Å². The number of fused-ring (bicyclic) bond motifs is 1. The van der Waals surface area contributed by atoms with Crippen molar-refractivity contribution in [1.82, 2.24) is 3.97 Å². The van der Waals surface area contributed by atoms with Gasteiger partial charge in [-0.2, -0.15) is 0 Å². The van der Waals surface area contributed by atoms with Crippen molar-refractivity contribution in [2.75, 3.05) is 7.11 Å². The Morgan fingerprint density at radius 2 is 1.57 bits per heavy atom. The van der Waals surface area contributed by atoms with E-state index >= 15 is 0 Å². The number of carbonyl (C=O) groups is 1. The highest BCUT2D eigenvalue weighted by molar-refractivity contribution is 7.90. The lowest BCUT2D eigenvalue weighted by Crippen LogP contribution is -2.12. The second-order valence-electron chi connectivity index (χ2n) is 6.57. The van der Waals surface area contributed by atoms with Crippen LogP contribution in [0, 0.1) is 0 Å². The average Bonchev–Trinajstić information content (AvgIpc) is 3.20. The average molecular weight is 421 g/mol. The van der Waals surface area contributed by atoms with Crippen molar-refractivity contribution in [2.24, 2.45) is 0 Å². The summed E-state index contributed by atoms with van der Waals surface area (Å²) < 4.78 is 38.4. The third-order valence-electron chi connectivity index (χ3n) is 4.70. The number of benzene rings is 3. The minimum Gasteiger partial charge on any atom is -0.488 e. The molecule has 0 saturated carbocycles. The molecule has 0 saturated heterocycles. The van der Waals surface area contributed by atoms with Gasteiger partial charge < -0.3 is 9.47 Å². The van der Waals surface area contributed by atoms with Crippen molar-refractivity contribution in [2.45, 2.75) is 11.5 Å². The molecule has 0 unspecified atom stereocenters. The first-order valence-corrected chi connectivity index (χ1v) is 10.7. The Kier molecular flexibility index (Phi) is 5.29. The molecular weight excluding hydrogens is 402 g/mol. The summed E-state index contributed by atoms with van der Waals surface area (Å²) in [4.78, 5) is 12.6. The molecule has 0 aliphatic rings. The van der Waals surface area contributed by atoms with Crippen LogP contribution in [0.25, 0.3) is 10.9 Å². The number of rotatable bonds is 6. The molecule has 0 radical (unpaired) electrons. The zero-order chi connectivity index (χ0) is 21.1. The molecule has 0 spiro atoms. The topological polar surface area (TPSA) is 74.6 Å². The molecule has 30 heavy (non-hydrogen) atoms. The van der Waals surface area contributed by atoms with E-state index in [4.69, 9.17) is 9.47 Å². The third-order valence-corrected chi connectivity index (χ3v) is 6.39. The van der Waals surface area contributed by atoms with Crippen LogP contribution >= 0.6 is 0 Å². The molecule has 0 amide bonds. The standard InChI is InChI=1S/C23H19NO5S/c1-28-23(25)19-15-24(30(26,27)18-11-6-3-7-12-18)20-13-8-14-21(22(19)20)29-16-17-9-4-2-5-10-17/h2-15H,16H2,1H3. The Labute approximate surface area is 174 Å². The first-order valence-electron chi connectivity index (χ1n) is 9.22. The van der Waals surface area contributed by atoms with Crippen LogP contribution in [0.3, 0.4) is 0 Å². The molecule has 0 bridgehead atoms. The molecule has 4 rings (SSSR count). The highest BCUT2D eigenvalue weighted by Crippen LogP contribution is 2.34. The molecule has 1 aromatic heterocycles. The Bertz CT molecular complexity index is 1300. The molecule has 152 valence electrons. The predicted molar refractivity (Wildman–Crippen MR) is 113 cm³/mol.